The first-order valence-electron chi connectivity index (χ1n) is 6.60. The number of hydrogen-bond donors (Lipinski definition) is 3. The van der Waals surface area contributed by atoms with Crippen molar-refractivity contribution in [2.75, 3.05) is 17.6 Å². The summed E-state index contributed by atoms with van der Waals surface area (Å²) in [5.74, 6) is -0.193. The largest absolute Gasteiger partial charge is 0.383 e. The molecule has 2 heterocycles. The van der Waals surface area contributed by atoms with Gasteiger partial charge in [0.15, 0.2) is 0 Å². The van der Waals surface area contributed by atoms with Crippen molar-refractivity contribution < 1.29 is 13.2 Å². The molecular weight excluding hydrogens is 422 g/mol. The third-order valence-electron chi connectivity index (χ3n) is 2.78. The van der Waals surface area contributed by atoms with Crippen molar-refractivity contribution in [2.24, 2.45) is 0 Å². The second kappa shape index (κ2) is 7.88. The van der Waals surface area contributed by atoms with Crippen molar-refractivity contribution in [1.29, 1.82) is 0 Å². The summed E-state index contributed by atoms with van der Waals surface area (Å²) >= 11 is 8.83. The molecule has 0 aliphatic rings. The summed E-state index contributed by atoms with van der Waals surface area (Å²) < 4.78 is 27.1. The predicted molar refractivity (Wildman–Crippen MR) is 94.0 cm³/mol. The highest BCUT2D eigenvalue weighted by Gasteiger charge is 2.19. The Bertz CT molecular complexity index is 845. The van der Waals surface area contributed by atoms with E-state index in [-0.39, 0.29) is 23.7 Å². The van der Waals surface area contributed by atoms with Gasteiger partial charge in [0.2, 0.25) is 15.9 Å². The first-order valence-corrected chi connectivity index (χ1v) is 9.25. The van der Waals surface area contributed by atoms with Crippen molar-refractivity contribution in [2.45, 2.75) is 11.3 Å². The minimum Gasteiger partial charge on any atom is -0.383 e. The third kappa shape index (κ3) is 5.13. The summed E-state index contributed by atoms with van der Waals surface area (Å²) in [6, 6.07) is 4.45. The molecule has 0 saturated heterocycles. The number of rotatable bonds is 6. The molecule has 2 rings (SSSR count). The van der Waals surface area contributed by atoms with E-state index in [4.69, 9.17) is 17.3 Å². The van der Waals surface area contributed by atoms with Gasteiger partial charge in [0.25, 0.3) is 0 Å². The lowest BCUT2D eigenvalue weighted by molar-refractivity contribution is -0.116. The van der Waals surface area contributed by atoms with Gasteiger partial charge in [0.05, 0.1) is 5.02 Å². The Labute approximate surface area is 152 Å². The van der Waals surface area contributed by atoms with E-state index >= 15 is 0 Å². The van der Waals surface area contributed by atoms with E-state index < -0.39 is 15.9 Å². The fourth-order valence-electron chi connectivity index (χ4n) is 1.68. The summed E-state index contributed by atoms with van der Waals surface area (Å²) in [4.78, 5) is 19.3. The van der Waals surface area contributed by atoms with Crippen LogP contribution in [0.25, 0.3) is 0 Å². The molecule has 128 valence electrons. The van der Waals surface area contributed by atoms with E-state index in [1.807, 2.05) is 0 Å². The number of carbonyl (C=O) groups excluding carboxylic acids is 1. The number of carbonyl (C=O) groups is 1. The topological polar surface area (TPSA) is 127 Å². The van der Waals surface area contributed by atoms with E-state index in [0.29, 0.717) is 15.3 Å². The Morgan fingerprint density at radius 2 is 2.04 bits per heavy atom. The molecule has 11 heteroatoms. The minimum absolute atomic E-state index is 0.0785. The Hall–Kier alpha value is -1.75. The fourth-order valence-corrected chi connectivity index (χ4v) is 3.41. The molecule has 0 unspecified atom stereocenters. The maximum absolute atomic E-state index is 12.2. The van der Waals surface area contributed by atoms with Crippen LogP contribution in [0.1, 0.15) is 6.42 Å². The first kappa shape index (κ1) is 18.6. The summed E-state index contributed by atoms with van der Waals surface area (Å²) in [5, 5.41) is 2.97. The third-order valence-corrected chi connectivity index (χ3v) is 4.92. The first-order chi connectivity index (χ1) is 11.3. The van der Waals surface area contributed by atoms with Crippen LogP contribution < -0.4 is 15.8 Å². The number of hydrogen-bond acceptors (Lipinski definition) is 6. The zero-order chi connectivity index (χ0) is 17.7. The van der Waals surface area contributed by atoms with Gasteiger partial charge in [-0.05, 0) is 34.1 Å². The minimum atomic E-state index is -3.87. The summed E-state index contributed by atoms with van der Waals surface area (Å²) in [5.41, 5.74) is 5.57. The lowest BCUT2D eigenvalue weighted by atomic mass is 10.4. The zero-order valence-corrected chi connectivity index (χ0v) is 15.3. The number of nitrogens with one attached hydrogen (secondary N) is 2. The molecule has 0 spiro atoms. The highest BCUT2D eigenvalue weighted by molar-refractivity contribution is 9.10. The van der Waals surface area contributed by atoms with Gasteiger partial charge >= 0.3 is 0 Å². The van der Waals surface area contributed by atoms with Gasteiger partial charge in [-0.3, -0.25) is 4.79 Å². The van der Waals surface area contributed by atoms with Crippen molar-refractivity contribution in [1.82, 2.24) is 14.7 Å². The van der Waals surface area contributed by atoms with Crippen LogP contribution in [0, 0.1) is 0 Å². The molecule has 0 fully saturated rings. The molecule has 8 nitrogen and oxygen atoms in total. The van der Waals surface area contributed by atoms with Crippen LogP contribution in [0.2, 0.25) is 5.02 Å². The molecule has 24 heavy (non-hydrogen) atoms. The van der Waals surface area contributed by atoms with Crippen LogP contribution in [0.15, 0.2) is 40.0 Å². The Morgan fingerprint density at radius 3 is 2.71 bits per heavy atom. The molecule has 0 radical (unpaired) electrons. The van der Waals surface area contributed by atoms with Crippen LogP contribution in [-0.2, 0) is 14.8 Å². The molecule has 1 amide bonds. The van der Waals surface area contributed by atoms with E-state index in [1.54, 1.807) is 6.07 Å². The quantitative estimate of drug-likeness (QED) is 0.636. The van der Waals surface area contributed by atoms with E-state index in [0.717, 1.165) is 0 Å². The van der Waals surface area contributed by atoms with Gasteiger partial charge in [0, 0.05) is 29.8 Å². The van der Waals surface area contributed by atoms with Crippen LogP contribution in [0.3, 0.4) is 0 Å². The van der Waals surface area contributed by atoms with Crippen LogP contribution in [0.4, 0.5) is 11.6 Å². The Morgan fingerprint density at radius 1 is 1.29 bits per heavy atom. The van der Waals surface area contributed by atoms with Gasteiger partial charge in [-0.25, -0.2) is 23.1 Å². The maximum atomic E-state index is 12.2. The second-order valence-corrected chi connectivity index (χ2v) is 7.68. The smallest absolute Gasteiger partial charge is 0.244 e. The lowest BCUT2D eigenvalue weighted by Gasteiger charge is -2.09. The van der Waals surface area contributed by atoms with E-state index in [2.05, 4.69) is 35.9 Å². The van der Waals surface area contributed by atoms with Crippen molar-refractivity contribution in [3.8, 4) is 0 Å². The predicted octanol–water partition coefficient (Wildman–Crippen LogP) is 1.78. The molecule has 4 N–H and O–H groups in total. The molecule has 2 aromatic heterocycles. The van der Waals surface area contributed by atoms with Gasteiger partial charge in [0.1, 0.15) is 16.5 Å². The number of nitrogens with zero attached hydrogens (tertiary/aromatic N) is 2. The molecule has 0 aliphatic heterocycles. The molecule has 2 aromatic rings. The van der Waals surface area contributed by atoms with E-state index in [1.165, 1.54) is 24.5 Å². The van der Waals surface area contributed by atoms with Crippen molar-refractivity contribution >= 4 is 55.1 Å². The van der Waals surface area contributed by atoms with Gasteiger partial charge < -0.3 is 11.1 Å². The molecule has 0 bridgehead atoms. The summed E-state index contributed by atoms with van der Waals surface area (Å²) in [6.07, 6.45) is 2.70. The Balaban J connectivity index is 1.91. The highest BCUT2D eigenvalue weighted by atomic mass is 79.9. The molecule has 0 saturated carbocycles. The van der Waals surface area contributed by atoms with Gasteiger partial charge in [-0.1, -0.05) is 11.6 Å². The Kier molecular flexibility index (Phi) is 6.10. The van der Waals surface area contributed by atoms with Gasteiger partial charge in [-0.15, -0.1) is 0 Å². The van der Waals surface area contributed by atoms with Crippen LogP contribution >= 0.6 is 27.5 Å². The molecule has 0 aromatic carbocycles. The van der Waals surface area contributed by atoms with Gasteiger partial charge in [-0.2, -0.15) is 0 Å². The fraction of sp³-hybridized carbons (Fsp3) is 0.154. The zero-order valence-electron chi connectivity index (χ0n) is 12.2. The maximum Gasteiger partial charge on any atom is 0.244 e. The number of pyridine rings is 2. The number of nitrogens with two attached hydrogens (primary N) is 1. The average molecular weight is 435 g/mol. The standard InChI is InChI=1S/C13H13BrClN5O3S/c14-8-5-10(13(16)18-6-8)24(22,23)19-4-3-12(21)20-11-2-1-9(15)7-17-11/h1-2,5-7,19H,3-4H2,(H2,16,18)(H,17,20,21). The van der Waals surface area contributed by atoms with E-state index in [9.17, 15) is 13.2 Å². The number of anilines is 2. The molecule has 0 aliphatic carbocycles. The second-order valence-electron chi connectivity index (χ2n) is 4.59. The number of amides is 1. The van der Waals surface area contributed by atoms with Crippen LogP contribution in [-0.4, -0.2) is 30.8 Å². The monoisotopic (exact) mass is 433 g/mol. The number of aromatic nitrogens is 2. The van der Waals surface area contributed by atoms with Crippen LogP contribution in [0.5, 0.6) is 0 Å². The molecule has 0 atom stereocenters. The molecular formula is C13H13BrClN5O3S. The normalized spacial score (nSPS) is 11.2. The number of sulfonamides is 1. The number of nitrogen functional groups attached to an aromatic ring is 1. The van der Waals surface area contributed by atoms with Crippen molar-refractivity contribution in [3.05, 3.63) is 40.1 Å². The number of halogens is 2. The lowest BCUT2D eigenvalue weighted by Crippen LogP contribution is -2.28. The highest BCUT2D eigenvalue weighted by Crippen LogP contribution is 2.20. The summed E-state index contributed by atoms with van der Waals surface area (Å²) in [7, 11) is -3.87. The summed E-state index contributed by atoms with van der Waals surface area (Å²) in [6.45, 7) is -0.103. The SMILES string of the molecule is Nc1ncc(Br)cc1S(=O)(=O)NCCC(=O)Nc1ccc(Cl)cn1. The average Bonchev–Trinajstić information content (AvgIpc) is 2.51. The van der Waals surface area contributed by atoms with Crippen molar-refractivity contribution in [3.63, 3.8) is 0 Å².